The van der Waals surface area contributed by atoms with Crippen LogP contribution in [-0.4, -0.2) is 27.8 Å². The van der Waals surface area contributed by atoms with Gasteiger partial charge in [0.15, 0.2) is 0 Å². The van der Waals surface area contributed by atoms with E-state index in [1.54, 1.807) is 0 Å². The van der Waals surface area contributed by atoms with Crippen molar-refractivity contribution in [1.82, 2.24) is 14.7 Å². The van der Waals surface area contributed by atoms with Crippen LogP contribution in [0.15, 0.2) is 42.7 Å². The fraction of sp³-hybridized carbons (Fsp3) is 0.471. The van der Waals surface area contributed by atoms with Crippen LogP contribution in [0.5, 0.6) is 0 Å². The summed E-state index contributed by atoms with van der Waals surface area (Å²) >= 11 is 0. The minimum absolute atomic E-state index is 0.223. The third-order valence-corrected chi connectivity index (χ3v) is 3.79. The van der Waals surface area contributed by atoms with Gasteiger partial charge in [0.05, 0.1) is 12.2 Å². The summed E-state index contributed by atoms with van der Waals surface area (Å²) in [6.45, 7) is 7.80. The Labute approximate surface area is 127 Å². The van der Waals surface area contributed by atoms with Crippen molar-refractivity contribution in [2.75, 3.05) is 13.1 Å². The SMILES string of the molecule is CCCn1cc(C(CN)N(CC)Cc2ccccc2)cn1. The van der Waals surface area contributed by atoms with E-state index in [0.717, 1.165) is 26.1 Å². The first kappa shape index (κ1) is 15.7. The van der Waals surface area contributed by atoms with Crippen molar-refractivity contribution in [2.24, 2.45) is 5.73 Å². The molecule has 0 saturated heterocycles. The molecule has 2 aromatic rings. The van der Waals surface area contributed by atoms with E-state index in [1.807, 2.05) is 10.9 Å². The van der Waals surface area contributed by atoms with E-state index in [4.69, 9.17) is 5.73 Å². The van der Waals surface area contributed by atoms with E-state index in [2.05, 4.69) is 60.4 Å². The summed E-state index contributed by atoms with van der Waals surface area (Å²) in [7, 11) is 0. The van der Waals surface area contributed by atoms with E-state index >= 15 is 0 Å². The fourth-order valence-electron chi connectivity index (χ4n) is 2.66. The number of aryl methyl sites for hydroxylation is 1. The molecule has 2 rings (SSSR count). The quantitative estimate of drug-likeness (QED) is 0.811. The maximum absolute atomic E-state index is 6.04. The second-order valence-electron chi connectivity index (χ2n) is 5.34. The van der Waals surface area contributed by atoms with Crippen molar-refractivity contribution < 1.29 is 0 Å². The van der Waals surface area contributed by atoms with E-state index in [-0.39, 0.29) is 6.04 Å². The molecular formula is C17H26N4. The monoisotopic (exact) mass is 286 g/mol. The molecule has 1 atom stereocenters. The zero-order valence-electron chi connectivity index (χ0n) is 13.1. The predicted molar refractivity (Wildman–Crippen MR) is 86.8 cm³/mol. The number of nitrogens with zero attached hydrogens (tertiary/aromatic N) is 3. The lowest BCUT2D eigenvalue weighted by Crippen LogP contribution is -2.33. The number of rotatable bonds is 8. The van der Waals surface area contributed by atoms with Gasteiger partial charge in [0.2, 0.25) is 0 Å². The molecule has 0 aliphatic heterocycles. The van der Waals surface area contributed by atoms with Crippen LogP contribution in [-0.2, 0) is 13.1 Å². The Hall–Kier alpha value is -1.65. The van der Waals surface area contributed by atoms with E-state index in [9.17, 15) is 0 Å². The number of hydrogen-bond acceptors (Lipinski definition) is 3. The fourth-order valence-corrected chi connectivity index (χ4v) is 2.66. The van der Waals surface area contributed by atoms with Gasteiger partial charge in [0, 0.05) is 31.4 Å². The zero-order chi connectivity index (χ0) is 15.1. The lowest BCUT2D eigenvalue weighted by Gasteiger charge is -2.29. The number of likely N-dealkylation sites (N-methyl/N-ethyl adjacent to an activating group) is 1. The van der Waals surface area contributed by atoms with Crippen LogP contribution in [0.1, 0.15) is 37.4 Å². The molecule has 2 N–H and O–H groups in total. The average molecular weight is 286 g/mol. The minimum atomic E-state index is 0.223. The highest BCUT2D eigenvalue weighted by Gasteiger charge is 2.19. The van der Waals surface area contributed by atoms with Gasteiger partial charge in [-0.2, -0.15) is 5.10 Å². The van der Waals surface area contributed by atoms with Crippen LogP contribution < -0.4 is 5.73 Å². The first-order chi connectivity index (χ1) is 10.3. The molecule has 1 aromatic carbocycles. The second kappa shape index (κ2) is 7.96. The standard InChI is InChI=1S/C17H26N4/c1-3-10-21-14-16(12-19-21)17(11-18)20(4-2)13-15-8-6-5-7-9-15/h5-9,12,14,17H,3-4,10-11,13,18H2,1-2H3. The van der Waals surface area contributed by atoms with Crippen molar-refractivity contribution in [3.05, 3.63) is 53.9 Å². The first-order valence-corrected chi connectivity index (χ1v) is 7.78. The summed E-state index contributed by atoms with van der Waals surface area (Å²) < 4.78 is 2.01. The molecule has 1 aromatic heterocycles. The number of aromatic nitrogens is 2. The highest BCUT2D eigenvalue weighted by molar-refractivity contribution is 5.16. The van der Waals surface area contributed by atoms with Crippen molar-refractivity contribution in [1.29, 1.82) is 0 Å². The summed E-state index contributed by atoms with van der Waals surface area (Å²) in [6.07, 6.45) is 5.19. The number of nitrogens with two attached hydrogens (primary N) is 1. The molecule has 0 aliphatic rings. The maximum atomic E-state index is 6.04. The van der Waals surface area contributed by atoms with Gasteiger partial charge in [0.25, 0.3) is 0 Å². The number of benzene rings is 1. The highest BCUT2D eigenvalue weighted by Crippen LogP contribution is 2.21. The van der Waals surface area contributed by atoms with Crippen molar-refractivity contribution in [3.8, 4) is 0 Å². The van der Waals surface area contributed by atoms with E-state index in [1.165, 1.54) is 11.1 Å². The predicted octanol–water partition coefficient (Wildman–Crippen LogP) is 2.82. The lowest BCUT2D eigenvalue weighted by molar-refractivity contribution is 0.203. The molecule has 0 amide bonds. The highest BCUT2D eigenvalue weighted by atomic mass is 15.3. The van der Waals surface area contributed by atoms with Gasteiger partial charge in [-0.3, -0.25) is 9.58 Å². The zero-order valence-corrected chi connectivity index (χ0v) is 13.1. The molecule has 0 fully saturated rings. The summed E-state index contributed by atoms with van der Waals surface area (Å²) in [5.41, 5.74) is 8.57. The first-order valence-electron chi connectivity index (χ1n) is 7.78. The van der Waals surface area contributed by atoms with Gasteiger partial charge >= 0.3 is 0 Å². The Morgan fingerprint density at radius 3 is 2.62 bits per heavy atom. The van der Waals surface area contributed by atoms with Crippen LogP contribution in [0.2, 0.25) is 0 Å². The van der Waals surface area contributed by atoms with Gasteiger partial charge in [-0.1, -0.05) is 44.2 Å². The topological polar surface area (TPSA) is 47.1 Å². The molecule has 4 nitrogen and oxygen atoms in total. The third-order valence-electron chi connectivity index (χ3n) is 3.79. The summed E-state index contributed by atoms with van der Waals surface area (Å²) in [5, 5.41) is 4.43. The Morgan fingerprint density at radius 2 is 2.00 bits per heavy atom. The Morgan fingerprint density at radius 1 is 1.24 bits per heavy atom. The molecular weight excluding hydrogens is 260 g/mol. The molecule has 0 aliphatic carbocycles. The molecule has 0 spiro atoms. The van der Waals surface area contributed by atoms with Crippen LogP contribution in [0, 0.1) is 0 Å². The number of hydrogen-bond donors (Lipinski definition) is 1. The van der Waals surface area contributed by atoms with Crippen LogP contribution in [0.25, 0.3) is 0 Å². The Kier molecular flexibility index (Phi) is 5.96. The minimum Gasteiger partial charge on any atom is -0.329 e. The molecule has 21 heavy (non-hydrogen) atoms. The van der Waals surface area contributed by atoms with Gasteiger partial charge in [-0.25, -0.2) is 0 Å². The molecule has 114 valence electrons. The third kappa shape index (κ3) is 4.16. The van der Waals surface area contributed by atoms with Crippen LogP contribution >= 0.6 is 0 Å². The van der Waals surface area contributed by atoms with Gasteiger partial charge in [-0.15, -0.1) is 0 Å². The molecule has 1 heterocycles. The van der Waals surface area contributed by atoms with Crippen molar-refractivity contribution in [3.63, 3.8) is 0 Å². The molecule has 4 heteroatoms. The molecule has 0 bridgehead atoms. The normalized spacial score (nSPS) is 12.8. The molecule has 0 radical (unpaired) electrons. The summed E-state index contributed by atoms with van der Waals surface area (Å²) in [4.78, 5) is 2.41. The van der Waals surface area contributed by atoms with Crippen molar-refractivity contribution >= 4 is 0 Å². The Balaban J connectivity index is 2.12. The van der Waals surface area contributed by atoms with Gasteiger partial charge in [0.1, 0.15) is 0 Å². The maximum Gasteiger partial charge on any atom is 0.0538 e. The smallest absolute Gasteiger partial charge is 0.0538 e. The summed E-state index contributed by atoms with van der Waals surface area (Å²) in [6, 6.07) is 10.8. The molecule has 0 saturated carbocycles. The Bertz CT molecular complexity index is 521. The van der Waals surface area contributed by atoms with Gasteiger partial charge < -0.3 is 5.73 Å². The van der Waals surface area contributed by atoms with Crippen LogP contribution in [0.3, 0.4) is 0 Å². The average Bonchev–Trinajstić information content (AvgIpc) is 2.97. The van der Waals surface area contributed by atoms with E-state index in [0.29, 0.717) is 6.54 Å². The summed E-state index contributed by atoms with van der Waals surface area (Å²) in [5.74, 6) is 0. The van der Waals surface area contributed by atoms with Gasteiger partial charge in [-0.05, 0) is 18.5 Å². The second-order valence-corrected chi connectivity index (χ2v) is 5.34. The largest absolute Gasteiger partial charge is 0.329 e. The lowest BCUT2D eigenvalue weighted by atomic mass is 10.1. The van der Waals surface area contributed by atoms with E-state index < -0.39 is 0 Å². The van der Waals surface area contributed by atoms with Crippen molar-refractivity contribution in [2.45, 2.75) is 39.4 Å². The molecule has 1 unspecified atom stereocenters. The van der Waals surface area contributed by atoms with Crippen LogP contribution in [0.4, 0.5) is 0 Å².